The second-order valence-corrected chi connectivity index (χ2v) is 4.52. The number of rotatable bonds is 4. The van der Waals surface area contributed by atoms with Crippen LogP contribution in [0.3, 0.4) is 0 Å². The van der Waals surface area contributed by atoms with E-state index in [1.807, 2.05) is 6.92 Å². The van der Waals surface area contributed by atoms with Crippen molar-refractivity contribution in [1.29, 1.82) is 0 Å². The number of nitrogen functional groups attached to an aromatic ring is 1. The fourth-order valence-electron chi connectivity index (χ4n) is 2.14. The molecule has 0 unspecified atom stereocenters. The maximum Gasteiger partial charge on any atom is 0.294 e. The van der Waals surface area contributed by atoms with Gasteiger partial charge in [0.1, 0.15) is 5.69 Å². The summed E-state index contributed by atoms with van der Waals surface area (Å²) in [4.78, 5) is 22.6. The standard InChI is InChI=1S/C13H16N4O3/c1-3-7-15-9(2)12(14)13(18)16(15)10-5-4-6-11(8-10)17(19)20/h4-6,8H,3,7,14H2,1-2H3. The molecule has 0 spiro atoms. The van der Waals surface area contributed by atoms with Gasteiger partial charge in [-0.15, -0.1) is 0 Å². The van der Waals surface area contributed by atoms with Gasteiger partial charge in [-0.05, 0) is 19.4 Å². The van der Waals surface area contributed by atoms with Crippen LogP contribution in [0.5, 0.6) is 0 Å². The number of hydrogen-bond donors (Lipinski definition) is 1. The average Bonchev–Trinajstić information content (AvgIpc) is 2.64. The van der Waals surface area contributed by atoms with Gasteiger partial charge in [0.05, 0.1) is 16.3 Å². The minimum absolute atomic E-state index is 0.0603. The molecule has 0 saturated carbocycles. The van der Waals surface area contributed by atoms with Crippen molar-refractivity contribution in [3.05, 3.63) is 50.4 Å². The predicted octanol–water partition coefficient (Wildman–Crippen LogP) is 1.85. The monoisotopic (exact) mass is 276 g/mol. The van der Waals surface area contributed by atoms with Crippen molar-refractivity contribution < 1.29 is 4.92 Å². The Morgan fingerprint density at radius 3 is 2.70 bits per heavy atom. The molecule has 7 heteroatoms. The summed E-state index contributed by atoms with van der Waals surface area (Å²) in [5.41, 5.74) is 6.65. The number of nitro groups is 1. The van der Waals surface area contributed by atoms with Crippen LogP contribution in [0.4, 0.5) is 11.4 Å². The molecule has 2 N–H and O–H groups in total. The lowest BCUT2D eigenvalue weighted by Crippen LogP contribution is -2.22. The van der Waals surface area contributed by atoms with Gasteiger partial charge in [0.25, 0.3) is 11.2 Å². The first kappa shape index (κ1) is 13.9. The zero-order chi connectivity index (χ0) is 14.9. The Morgan fingerprint density at radius 1 is 1.40 bits per heavy atom. The number of non-ortho nitro benzene ring substituents is 1. The minimum atomic E-state index is -0.488. The van der Waals surface area contributed by atoms with Crippen LogP contribution in [-0.2, 0) is 6.54 Å². The molecule has 20 heavy (non-hydrogen) atoms. The van der Waals surface area contributed by atoms with Gasteiger partial charge in [-0.1, -0.05) is 13.0 Å². The lowest BCUT2D eigenvalue weighted by atomic mass is 10.3. The number of nitrogens with zero attached hydrogens (tertiary/aromatic N) is 3. The summed E-state index contributed by atoms with van der Waals surface area (Å²) in [6, 6.07) is 5.96. The number of nitrogens with two attached hydrogens (primary N) is 1. The lowest BCUT2D eigenvalue weighted by Gasteiger charge is -2.12. The van der Waals surface area contributed by atoms with Crippen molar-refractivity contribution in [2.45, 2.75) is 26.8 Å². The second-order valence-electron chi connectivity index (χ2n) is 4.52. The highest BCUT2D eigenvalue weighted by atomic mass is 16.6. The van der Waals surface area contributed by atoms with Crippen molar-refractivity contribution in [3.8, 4) is 5.69 Å². The largest absolute Gasteiger partial charge is 0.393 e. The molecule has 0 aliphatic carbocycles. The highest BCUT2D eigenvalue weighted by Crippen LogP contribution is 2.18. The molecule has 0 radical (unpaired) electrons. The Morgan fingerprint density at radius 2 is 2.10 bits per heavy atom. The van der Waals surface area contributed by atoms with Gasteiger partial charge >= 0.3 is 0 Å². The summed E-state index contributed by atoms with van der Waals surface area (Å²) in [5.74, 6) is 0. The zero-order valence-electron chi connectivity index (χ0n) is 11.4. The Kier molecular flexibility index (Phi) is 3.60. The van der Waals surface area contributed by atoms with Crippen LogP contribution in [-0.4, -0.2) is 14.3 Å². The van der Waals surface area contributed by atoms with Crippen molar-refractivity contribution >= 4 is 11.4 Å². The fourth-order valence-corrected chi connectivity index (χ4v) is 2.14. The van der Waals surface area contributed by atoms with Crippen molar-refractivity contribution in [2.75, 3.05) is 5.73 Å². The maximum atomic E-state index is 12.2. The fraction of sp³-hybridized carbons (Fsp3) is 0.308. The van der Waals surface area contributed by atoms with Gasteiger partial charge in [-0.3, -0.25) is 19.6 Å². The van der Waals surface area contributed by atoms with Gasteiger partial charge in [-0.25, -0.2) is 4.68 Å². The van der Waals surface area contributed by atoms with Crippen LogP contribution >= 0.6 is 0 Å². The summed E-state index contributed by atoms with van der Waals surface area (Å²) in [7, 11) is 0. The molecular weight excluding hydrogens is 260 g/mol. The van der Waals surface area contributed by atoms with Crippen molar-refractivity contribution in [2.24, 2.45) is 0 Å². The highest BCUT2D eigenvalue weighted by Gasteiger charge is 2.17. The third-order valence-corrected chi connectivity index (χ3v) is 3.16. The highest BCUT2D eigenvalue weighted by molar-refractivity contribution is 5.48. The van der Waals surface area contributed by atoms with Crippen LogP contribution in [0.25, 0.3) is 5.69 Å². The van der Waals surface area contributed by atoms with Crippen LogP contribution in [0.15, 0.2) is 29.1 Å². The van der Waals surface area contributed by atoms with E-state index in [-0.39, 0.29) is 16.9 Å². The number of hydrogen-bond acceptors (Lipinski definition) is 4. The molecule has 0 aliphatic heterocycles. The lowest BCUT2D eigenvalue weighted by molar-refractivity contribution is -0.384. The van der Waals surface area contributed by atoms with Gasteiger partial charge in [-0.2, -0.15) is 0 Å². The first-order chi connectivity index (χ1) is 9.47. The summed E-state index contributed by atoms with van der Waals surface area (Å²) in [6.07, 6.45) is 0.823. The second kappa shape index (κ2) is 5.20. The first-order valence-electron chi connectivity index (χ1n) is 6.30. The molecule has 1 aromatic carbocycles. The summed E-state index contributed by atoms with van der Waals surface area (Å²) in [5, 5.41) is 10.8. The van der Waals surface area contributed by atoms with E-state index in [2.05, 4.69) is 0 Å². The summed E-state index contributed by atoms with van der Waals surface area (Å²) in [6.45, 7) is 4.36. The minimum Gasteiger partial charge on any atom is -0.393 e. The molecule has 0 saturated heterocycles. The molecule has 7 nitrogen and oxygen atoms in total. The van der Waals surface area contributed by atoms with E-state index in [1.165, 1.54) is 16.8 Å². The molecule has 0 aliphatic rings. The number of aromatic nitrogens is 2. The van der Waals surface area contributed by atoms with Gasteiger partial charge in [0, 0.05) is 18.7 Å². The normalized spacial score (nSPS) is 10.7. The van der Waals surface area contributed by atoms with Crippen LogP contribution in [0.1, 0.15) is 19.0 Å². The van der Waals surface area contributed by atoms with Gasteiger partial charge in [0.15, 0.2) is 0 Å². The van der Waals surface area contributed by atoms with E-state index in [1.54, 1.807) is 23.7 Å². The third kappa shape index (κ3) is 2.18. The first-order valence-corrected chi connectivity index (χ1v) is 6.30. The van der Waals surface area contributed by atoms with E-state index in [0.29, 0.717) is 17.9 Å². The van der Waals surface area contributed by atoms with E-state index < -0.39 is 4.92 Å². The zero-order valence-corrected chi connectivity index (χ0v) is 11.4. The molecular formula is C13H16N4O3. The van der Waals surface area contributed by atoms with E-state index in [4.69, 9.17) is 5.73 Å². The van der Waals surface area contributed by atoms with Crippen LogP contribution < -0.4 is 11.3 Å². The molecule has 1 aromatic heterocycles. The van der Waals surface area contributed by atoms with Crippen LogP contribution in [0.2, 0.25) is 0 Å². The topological polar surface area (TPSA) is 96.1 Å². The average molecular weight is 276 g/mol. The summed E-state index contributed by atoms with van der Waals surface area (Å²) < 4.78 is 3.14. The van der Waals surface area contributed by atoms with E-state index in [0.717, 1.165) is 6.42 Å². The number of nitro benzene ring substituents is 1. The Hall–Kier alpha value is -2.57. The van der Waals surface area contributed by atoms with Gasteiger partial charge in [0.2, 0.25) is 0 Å². The molecule has 2 rings (SSSR count). The molecule has 106 valence electrons. The Bertz CT molecular complexity index is 715. The Balaban J connectivity index is 2.69. The smallest absolute Gasteiger partial charge is 0.294 e. The molecule has 0 atom stereocenters. The maximum absolute atomic E-state index is 12.2. The number of anilines is 1. The molecule has 1 heterocycles. The van der Waals surface area contributed by atoms with E-state index >= 15 is 0 Å². The molecule has 2 aromatic rings. The van der Waals surface area contributed by atoms with Crippen molar-refractivity contribution in [1.82, 2.24) is 9.36 Å². The Labute approximate surface area is 115 Å². The van der Waals surface area contributed by atoms with Crippen LogP contribution in [0, 0.1) is 17.0 Å². The molecule has 0 fully saturated rings. The summed E-state index contributed by atoms with van der Waals surface area (Å²) >= 11 is 0. The molecule has 0 amide bonds. The predicted molar refractivity (Wildman–Crippen MR) is 76.1 cm³/mol. The van der Waals surface area contributed by atoms with Crippen molar-refractivity contribution in [3.63, 3.8) is 0 Å². The quantitative estimate of drug-likeness (QED) is 0.680. The van der Waals surface area contributed by atoms with E-state index in [9.17, 15) is 14.9 Å². The molecule has 0 bridgehead atoms. The van der Waals surface area contributed by atoms with Gasteiger partial charge < -0.3 is 5.73 Å². The number of benzene rings is 1. The third-order valence-electron chi connectivity index (χ3n) is 3.16. The SMILES string of the molecule is CCCn1c(C)c(N)c(=O)n1-c1cccc([N+](=O)[O-])c1.